The number of nitrogens with zero attached hydrogens (tertiary/aromatic N) is 4. The van der Waals surface area contributed by atoms with E-state index >= 15 is 0 Å². The lowest BCUT2D eigenvalue weighted by Gasteiger charge is -2.29. The van der Waals surface area contributed by atoms with Crippen LogP contribution in [-0.2, 0) is 13.6 Å². The topological polar surface area (TPSA) is 50.6 Å². The van der Waals surface area contributed by atoms with E-state index in [1.807, 2.05) is 14.1 Å². The van der Waals surface area contributed by atoms with Crippen molar-refractivity contribution < 1.29 is 22.7 Å². The van der Waals surface area contributed by atoms with Crippen molar-refractivity contribution in [2.24, 2.45) is 7.05 Å². The Morgan fingerprint density at radius 3 is 2.59 bits per heavy atom. The second-order valence-electron chi connectivity index (χ2n) is 7.64. The Morgan fingerprint density at radius 2 is 2.00 bits per heavy atom. The van der Waals surface area contributed by atoms with Crippen LogP contribution < -0.4 is 4.74 Å². The number of imidazole rings is 1. The summed E-state index contributed by atoms with van der Waals surface area (Å²) in [5.41, 5.74) is 0.896. The molecule has 0 N–H and O–H groups in total. The largest absolute Gasteiger partial charge is 0.573 e. The van der Waals surface area contributed by atoms with E-state index in [4.69, 9.17) is 0 Å². The lowest BCUT2D eigenvalue weighted by molar-refractivity contribution is -0.274. The number of alkyl halides is 3. The maximum Gasteiger partial charge on any atom is 0.573 e. The van der Waals surface area contributed by atoms with Gasteiger partial charge in [-0.1, -0.05) is 12.1 Å². The molecule has 3 rings (SSSR count). The van der Waals surface area contributed by atoms with E-state index in [0.29, 0.717) is 17.3 Å². The predicted molar refractivity (Wildman–Crippen MR) is 101 cm³/mol. The summed E-state index contributed by atoms with van der Waals surface area (Å²) >= 11 is 0. The summed E-state index contributed by atoms with van der Waals surface area (Å²) in [5, 5.41) is 0. The van der Waals surface area contributed by atoms with Crippen molar-refractivity contribution >= 4 is 5.91 Å². The summed E-state index contributed by atoms with van der Waals surface area (Å²) in [7, 11) is 5.80. The third-order valence-electron chi connectivity index (χ3n) is 5.22. The highest BCUT2D eigenvalue weighted by Crippen LogP contribution is 2.30. The van der Waals surface area contributed by atoms with E-state index in [-0.39, 0.29) is 24.2 Å². The Hall–Kier alpha value is -2.55. The molecule has 0 saturated heterocycles. The molecule has 2 atom stereocenters. The molecule has 29 heavy (non-hydrogen) atoms. The van der Waals surface area contributed by atoms with Gasteiger partial charge in [0.1, 0.15) is 11.4 Å². The molecule has 1 aromatic carbocycles. The van der Waals surface area contributed by atoms with Gasteiger partial charge in [0.15, 0.2) is 0 Å². The zero-order chi connectivity index (χ0) is 21.2. The number of benzene rings is 1. The molecule has 0 aliphatic heterocycles. The van der Waals surface area contributed by atoms with Crippen LogP contribution in [-0.4, -0.2) is 57.8 Å². The Kier molecular flexibility index (Phi) is 6.16. The minimum absolute atomic E-state index is 0.0101. The molecule has 0 unspecified atom stereocenters. The van der Waals surface area contributed by atoms with Gasteiger partial charge in [-0.15, -0.1) is 13.2 Å². The van der Waals surface area contributed by atoms with Gasteiger partial charge < -0.3 is 19.1 Å². The molecule has 1 saturated carbocycles. The van der Waals surface area contributed by atoms with Crippen LogP contribution in [0.3, 0.4) is 0 Å². The molecule has 1 aliphatic rings. The summed E-state index contributed by atoms with van der Waals surface area (Å²) < 4.78 is 43.4. The molecule has 1 fully saturated rings. The highest BCUT2D eigenvalue weighted by molar-refractivity contribution is 5.92. The number of aryl methyl sites for hydroxylation is 1. The lowest BCUT2D eigenvalue weighted by atomic mass is 10.1. The average molecular weight is 410 g/mol. The number of aromatic nitrogens is 2. The number of ether oxygens (including phenoxy) is 1. The number of hydrogen-bond donors (Lipinski definition) is 0. The molecule has 1 amide bonds. The quantitative estimate of drug-likeness (QED) is 0.732. The van der Waals surface area contributed by atoms with E-state index < -0.39 is 6.36 Å². The molecular formula is C20H25F3N4O2. The number of amides is 1. The van der Waals surface area contributed by atoms with Gasteiger partial charge in [0.25, 0.3) is 5.91 Å². The Morgan fingerprint density at radius 1 is 1.28 bits per heavy atom. The molecule has 9 heteroatoms. The molecular weight excluding hydrogens is 385 g/mol. The third kappa shape index (κ3) is 5.50. The molecule has 1 aliphatic carbocycles. The summed E-state index contributed by atoms with van der Waals surface area (Å²) in [6.07, 6.45) is 1.05. The zero-order valence-electron chi connectivity index (χ0n) is 16.7. The summed E-state index contributed by atoms with van der Waals surface area (Å²) in [5.74, 6) is -0.519. The van der Waals surface area contributed by atoms with Gasteiger partial charge >= 0.3 is 6.36 Å². The minimum Gasteiger partial charge on any atom is -0.406 e. The number of rotatable bonds is 6. The van der Waals surface area contributed by atoms with Crippen molar-refractivity contribution in [3.05, 3.63) is 48.0 Å². The summed E-state index contributed by atoms with van der Waals surface area (Å²) in [6, 6.07) is 6.12. The van der Waals surface area contributed by atoms with Gasteiger partial charge in [-0.25, -0.2) is 4.98 Å². The van der Waals surface area contributed by atoms with Crippen molar-refractivity contribution in [3.63, 3.8) is 0 Å². The molecule has 1 heterocycles. The second kappa shape index (κ2) is 8.44. The second-order valence-corrected chi connectivity index (χ2v) is 7.64. The Balaban J connectivity index is 1.84. The summed E-state index contributed by atoms with van der Waals surface area (Å²) in [4.78, 5) is 21.2. The van der Waals surface area contributed by atoms with E-state index in [0.717, 1.165) is 19.3 Å². The first-order valence-electron chi connectivity index (χ1n) is 9.42. The van der Waals surface area contributed by atoms with Crippen molar-refractivity contribution in [1.29, 1.82) is 0 Å². The van der Waals surface area contributed by atoms with Crippen molar-refractivity contribution in [2.75, 3.05) is 14.1 Å². The van der Waals surface area contributed by atoms with Crippen molar-refractivity contribution in [3.8, 4) is 5.75 Å². The standard InChI is InChI=1S/C20H25F3N4O2/c1-25(2)15-7-8-16(10-15)27(19(28)18-12-26(3)13-24-18)11-14-5-4-6-17(9-14)29-20(21,22)23/h4-6,9,12-13,15-16H,7-8,10-11H2,1-3H3/t15-,16+/m0/s1. The van der Waals surface area contributed by atoms with Crippen LogP contribution in [0.2, 0.25) is 0 Å². The van der Waals surface area contributed by atoms with Crippen LogP contribution in [0.4, 0.5) is 13.2 Å². The van der Waals surface area contributed by atoms with Crippen LogP contribution >= 0.6 is 0 Å². The first-order valence-corrected chi connectivity index (χ1v) is 9.42. The van der Waals surface area contributed by atoms with Crippen LogP contribution in [0.15, 0.2) is 36.8 Å². The third-order valence-corrected chi connectivity index (χ3v) is 5.22. The highest BCUT2D eigenvalue weighted by atomic mass is 19.4. The Bertz CT molecular complexity index is 850. The fourth-order valence-corrected chi connectivity index (χ4v) is 3.76. The first kappa shape index (κ1) is 21.2. The predicted octanol–water partition coefficient (Wildman–Crippen LogP) is 3.44. The fourth-order valence-electron chi connectivity index (χ4n) is 3.76. The SMILES string of the molecule is CN(C)[C@H]1CC[C@@H](N(Cc2cccc(OC(F)(F)F)c2)C(=O)c2cn(C)cn2)C1. The van der Waals surface area contributed by atoms with Crippen molar-refractivity contribution in [1.82, 2.24) is 19.4 Å². The Labute approximate surface area is 167 Å². The molecule has 1 aromatic heterocycles. The maximum atomic E-state index is 13.2. The van der Waals surface area contributed by atoms with Gasteiger partial charge in [-0.05, 0) is 51.1 Å². The van der Waals surface area contributed by atoms with Crippen LogP contribution in [0.1, 0.15) is 35.3 Å². The van der Waals surface area contributed by atoms with E-state index in [9.17, 15) is 18.0 Å². The minimum atomic E-state index is -4.76. The number of halogens is 3. The normalized spacial score (nSPS) is 19.6. The first-order chi connectivity index (χ1) is 13.6. The van der Waals surface area contributed by atoms with Crippen LogP contribution in [0.25, 0.3) is 0 Å². The number of hydrogen-bond acceptors (Lipinski definition) is 4. The molecule has 0 radical (unpaired) electrons. The van der Waals surface area contributed by atoms with Gasteiger partial charge in [-0.3, -0.25) is 4.79 Å². The highest BCUT2D eigenvalue weighted by Gasteiger charge is 2.34. The lowest BCUT2D eigenvalue weighted by Crippen LogP contribution is -2.39. The summed E-state index contributed by atoms with van der Waals surface area (Å²) in [6.45, 7) is 0.190. The fraction of sp³-hybridized carbons (Fsp3) is 0.500. The monoisotopic (exact) mass is 410 g/mol. The van der Waals surface area contributed by atoms with Gasteiger partial charge in [0.2, 0.25) is 0 Å². The maximum absolute atomic E-state index is 13.2. The smallest absolute Gasteiger partial charge is 0.406 e. The van der Waals surface area contributed by atoms with E-state index in [2.05, 4.69) is 14.6 Å². The zero-order valence-corrected chi connectivity index (χ0v) is 16.7. The molecule has 6 nitrogen and oxygen atoms in total. The molecule has 0 spiro atoms. The van der Waals surface area contributed by atoms with Gasteiger partial charge in [-0.2, -0.15) is 0 Å². The van der Waals surface area contributed by atoms with E-state index in [1.165, 1.54) is 18.2 Å². The van der Waals surface area contributed by atoms with Gasteiger partial charge in [0, 0.05) is 31.9 Å². The number of carbonyl (C=O) groups excluding carboxylic acids is 1. The number of carbonyl (C=O) groups is 1. The molecule has 0 bridgehead atoms. The average Bonchev–Trinajstić information content (AvgIpc) is 3.27. The van der Waals surface area contributed by atoms with Crippen LogP contribution in [0.5, 0.6) is 5.75 Å². The van der Waals surface area contributed by atoms with Crippen LogP contribution in [0, 0.1) is 0 Å². The van der Waals surface area contributed by atoms with E-state index in [1.54, 1.807) is 35.1 Å². The van der Waals surface area contributed by atoms with Gasteiger partial charge in [0.05, 0.1) is 6.33 Å². The van der Waals surface area contributed by atoms with Crippen molar-refractivity contribution in [2.45, 2.75) is 44.3 Å². The molecule has 158 valence electrons. The molecule has 2 aromatic rings.